The van der Waals surface area contributed by atoms with Gasteiger partial charge in [0, 0.05) is 38.2 Å². The van der Waals surface area contributed by atoms with Crippen LogP contribution in [0.25, 0.3) is 10.2 Å². The molecule has 0 radical (unpaired) electrons. The highest BCUT2D eigenvalue weighted by atomic mass is 32.1. The number of aliphatic hydroxyl groups excluding tert-OH is 1. The Labute approximate surface area is 196 Å². The van der Waals surface area contributed by atoms with Gasteiger partial charge < -0.3 is 30.2 Å². The average molecular weight is 474 g/mol. The molecule has 3 rings (SSSR count). The molecule has 4 N–H and O–H groups in total. The molecule has 0 unspecified atom stereocenters. The average Bonchev–Trinajstić information content (AvgIpc) is 3.21. The zero-order valence-corrected chi connectivity index (χ0v) is 19.8. The number of aromatic amines is 1. The number of nitrogens with zero attached hydrogens (tertiary/aromatic N) is 1. The van der Waals surface area contributed by atoms with Gasteiger partial charge in [-0.05, 0) is 23.6 Å². The lowest BCUT2D eigenvalue weighted by molar-refractivity contribution is 0.0959. The number of benzene rings is 2. The molecule has 33 heavy (non-hydrogen) atoms. The Morgan fingerprint density at radius 2 is 1.94 bits per heavy atom. The first-order valence-corrected chi connectivity index (χ1v) is 11.7. The minimum atomic E-state index is -0.417. The van der Waals surface area contributed by atoms with Gasteiger partial charge >= 0.3 is 11.0 Å². The van der Waals surface area contributed by atoms with E-state index in [0.717, 1.165) is 22.5 Å². The maximum atomic E-state index is 12.8. The van der Waals surface area contributed by atoms with Gasteiger partial charge in [-0.2, -0.15) is 0 Å². The van der Waals surface area contributed by atoms with E-state index in [1.807, 2.05) is 44.2 Å². The Bertz CT molecular complexity index is 1110. The van der Waals surface area contributed by atoms with Crippen molar-refractivity contribution in [1.82, 2.24) is 15.2 Å². The molecular weight excluding hydrogens is 442 g/mol. The number of carbonyl (C=O) groups is 1. The van der Waals surface area contributed by atoms with E-state index in [0.29, 0.717) is 42.8 Å². The fraction of sp³-hybridized carbons (Fsp3) is 0.417. The molecule has 0 saturated heterocycles. The van der Waals surface area contributed by atoms with Crippen molar-refractivity contribution in [3.05, 3.63) is 63.3 Å². The number of fused-ring (bicyclic) bond motifs is 1. The quantitative estimate of drug-likeness (QED) is 0.318. The fourth-order valence-corrected chi connectivity index (χ4v) is 4.22. The molecule has 1 aromatic heterocycles. The number of thiazole rings is 1. The maximum Gasteiger partial charge on any atom is 0.410 e. The summed E-state index contributed by atoms with van der Waals surface area (Å²) in [6, 6.07) is 12.8. The number of phenols is 1. The van der Waals surface area contributed by atoms with E-state index in [4.69, 9.17) is 4.74 Å². The van der Waals surface area contributed by atoms with E-state index in [9.17, 15) is 19.8 Å². The minimum absolute atomic E-state index is 0.0296. The van der Waals surface area contributed by atoms with Gasteiger partial charge in [-0.15, -0.1) is 0 Å². The normalized spacial score (nSPS) is 11.6. The van der Waals surface area contributed by atoms with Crippen LogP contribution in [0.3, 0.4) is 0 Å². The summed E-state index contributed by atoms with van der Waals surface area (Å²) in [4.78, 5) is 28.7. The van der Waals surface area contributed by atoms with E-state index in [1.165, 1.54) is 0 Å². The molecule has 0 aliphatic rings. The van der Waals surface area contributed by atoms with Crippen LogP contribution in [0, 0.1) is 5.41 Å². The van der Waals surface area contributed by atoms with Gasteiger partial charge in [0.1, 0.15) is 17.9 Å². The van der Waals surface area contributed by atoms with Gasteiger partial charge in [-0.25, -0.2) is 4.79 Å². The Morgan fingerprint density at radius 1 is 1.18 bits per heavy atom. The zero-order chi connectivity index (χ0) is 23.8. The molecule has 3 aromatic rings. The molecule has 178 valence electrons. The summed E-state index contributed by atoms with van der Waals surface area (Å²) in [6.45, 7) is 6.17. The number of rotatable bonds is 11. The number of carbonyl (C=O) groups excluding carboxylic acids is 1. The summed E-state index contributed by atoms with van der Waals surface area (Å²) in [7, 11) is 0. The fourth-order valence-electron chi connectivity index (χ4n) is 3.33. The largest absolute Gasteiger partial charge is 0.506 e. The third-order valence-corrected chi connectivity index (χ3v) is 6.30. The van der Waals surface area contributed by atoms with Gasteiger partial charge in [0.2, 0.25) is 0 Å². The number of hydrogen-bond donors (Lipinski definition) is 4. The second-order valence-corrected chi connectivity index (χ2v) is 9.72. The van der Waals surface area contributed by atoms with Gasteiger partial charge in [0.25, 0.3) is 0 Å². The van der Waals surface area contributed by atoms with Gasteiger partial charge in [0.05, 0.1) is 4.70 Å². The van der Waals surface area contributed by atoms with Crippen LogP contribution in [0.15, 0.2) is 47.3 Å². The number of aromatic hydroxyl groups is 1. The summed E-state index contributed by atoms with van der Waals surface area (Å²) in [6.07, 6.45) is 0.0898. The SMILES string of the molecule is CC(C)(CO)CNCCN(CCc1ccc(O)c2[nH]c(=O)sc12)C(=O)OCc1ccccc1. The van der Waals surface area contributed by atoms with Gasteiger partial charge in [0.15, 0.2) is 0 Å². The summed E-state index contributed by atoms with van der Waals surface area (Å²) in [5.74, 6) is 0.0296. The third kappa shape index (κ3) is 7.05. The highest BCUT2D eigenvalue weighted by Gasteiger charge is 2.19. The van der Waals surface area contributed by atoms with Gasteiger partial charge in [-0.1, -0.05) is 61.6 Å². The lowest BCUT2D eigenvalue weighted by Crippen LogP contribution is -2.41. The van der Waals surface area contributed by atoms with Crippen LogP contribution in [0.2, 0.25) is 0 Å². The molecule has 8 nitrogen and oxygen atoms in total. The molecule has 0 bridgehead atoms. The van der Waals surface area contributed by atoms with Crippen molar-refractivity contribution < 1.29 is 19.7 Å². The van der Waals surface area contributed by atoms with Crippen molar-refractivity contribution >= 4 is 27.6 Å². The predicted octanol–water partition coefficient (Wildman–Crippen LogP) is 3.08. The number of H-pyrrole nitrogens is 1. The Balaban J connectivity index is 1.66. The molecule has 0 spiro atoms. The first-order valence-electron chi connectivity index (χ1n) is 10.9. The molecule has 2 aromatic carbocycles. The number of phenolic OH excluding ortho intramolecular Hbond substituents is 1. The first kappa shape index (κ1) is 24.8. The highest BCUT2D eigenvalue weighted by molar-refractivity contribution is 7.16. The predicted molar refractivity (Wildman–Crippen MR) is 130 cm³/mol. The number of ether oxygens (including phenoxy) is 1. The summed E-state index contributed by atoms with van der Waals surface area (Å²) < 4.78 is 6.23. The molecule has 9 heteroatoms. The highest BCUT2D eigenvalue weighted by Crippen LogP contribution is 2.28. The van der Waals surface area contributed by atoms with Crippen molar-refractivity contribution in [2.24, 2.45) is 5.41 Å². The van der Waals surface area contributed by atoms with E-state index in [1.54, 1.807) is 17.0 Å². The lowest BCUT2D eigenvalue weighted by atomic mass is 9.95. The molecule has 1 amide bonds. The van der Waals surface area contributed by atoms with Crippen LogP contribution in [-0.2, 0) is 17.8 Å². The van der Waals surface area contributed by atoms with Crippen LogP contribution in [-0.4, -0.2) is 59.0 Å². The van der Waals surface area contributed by atoms with Crippen LogP contribution in [0.4, 0.5) is 4.79 Å². The molecule has 1 heterocycles. The Hall–Kier alpha value is -2.88. The van der Waals surface area contributed by atoms with Crippen molar-refractivity contribution in [2.45, 2.75) is 26.9 Å². The molecule has 0 aliphatic heterocycles. The molecule has 0 fully saturated rings. The summed E-state index contributed by atoms with van der Waals surface area (Å²) >= 11 is 1.05. The van der Waals surface area contributed by atoms with E-state index in [2.05, 4.69) is 10.3 Å². The lowest BCUT2D eigenvalue weighted by Gasteiger charge is -2.25. The van der Waals surface area contributed by atoms with Gasteiger partial charge in [-0.3, -0.25) is 4.79 Å². The van der Waals surface area contributed by atoms with Crippen molar-refractivity contribution in [3.63, 3.8) is 0 Å². The molecule has 0 saturated carbocycles. The van der Waals surface area contributed by atoms with E-state index >= 15 is 0 Å². The standard InChI is InChI=1S/C24H31N3O5S/c1-24(2,16-28)15-25-11-13-27(23(31)32-14-17-6-4-3-5-7-17)12-10-18-8-9-19(29)20-21(18)33-22(30)26-20/h3-9,25,28-29H,10-16H2,1-2H3,(H,26,30). The molecular formula is C24H31N3O5S. The summed E-state index contributed by atoms with van der Waals surface area (Å²) in [5.41, 5.74) is 1.96. The second kappa shape index (κ2) is 11.3. The van der Waals surface area contributed by atoms with Crippen molar-refractivity contribution in [2.75, 3.05) is 32.8 Å². The number of amides is 1. The van der Waals surface area contributed by atoms with Crippen molar-refractivity contribution in [3.8, 4) is 5.75 Å². The number of nitrogens with one attached hydrogen (secondary N) is 2. The number of aliphatic hydroxyl groups is 1. The first-order chi connectivity index (χ1) is 15.8. The smallest absolute Gasteiger partial charge is 0.410 e. The maximum absolute atomic E-state index is 12.8. The second-order valence-electron chi connectivity index (χ2n) is 8.74. The third-order valence-electron chi connectivity index (χ3n) is 5.34. The van der Waals surface area contributed by atoms with Crippen LogP contribution < -0.4 is 10.2 Å². The number of hydrogen-bond acceptors (Lipinski definition) is 7. The zero-order valence-electron chi connectivity index (χ0n) is 19.0. The van der Waals surface area contributed by atoms with Crippen molar-refractivity contribution in [1.29, 1.82) is 0 Å². The molecule has 0 aliphatic carbocycles. The minimum Gasteiger partial charge on any atom is -0.506 e. The van der Waals surface area contributed by atoms with Crippen LogP contribution >= 0.6 is 11.3 Å². The summed E-state index contributed by atoms with van der Waals surface area (Å²) in [5, 5.41) is 22.7. The van der Waals surface area contributed by atoms with Crippen LogP contribution in [0.1, 0.15) is 25.0 Å². The topological polar surface area (TPSA) is 115 Å². The Kier molecular flexibility index (Phi) is 8.49. The monoisotopic (exact) mass is 473 g/mol. The van der Waals surface area contributed by atoms with Crippen LogP contribution in [0.5, 0.6) is 5.75 Å². The van der Waals surface area contributed by atoms with E-state index < -0.39 is 6.09 Å². The Morgan fingerprint density at radius 3 is 2.67 bits per heavy atom. The van der Waals surface area contributed by atoms with E-state index in [-0.39, 0.29) is 29.3 Å². The number of aromatic nitrogens is 1. The molecule has 0 atom stereocenters.